The molecule has 3 aromatic rings. The first kappa shape index (κ1) is 21.1. The Morgan fingerprint density at radius 1 is 1.16 bits per heavy atom. The first-order valence-corrected chi connectivity index (χ1v) is 10.3. The average molecular weight is 444 g/mol. The lowest BCUT2D eigenvalue weighted by molar-refractivity contribution is 0.0602. The van der Waals surface area contributed by atoms with Crippen molar-refractivity contribution in [2.45, 2.75) is 31.8 Å². The number of nitrogens with one attached hydrogen (secondary N) is 1. The number of ether oxygens (including phenoxy) is 3. The van der Waals surface area contributed by atoms with Gasteiger partial charge in [-0.05, 0) is 49.9 Å². The second kappa shape index (κ2) is 8.89. The first-order chi connectivity index (χ1) is 15.0. The van der Waals surface area contributed by atoms with Gasteiger partial charge < -0.3 is 23.9 Å². The number of carbonyl (C=O) groups excluding carboxylic acids is 1. The van der Waals surface area contributed by atoms with Crippen LogP contribution >= 0.6 is 11.6 Å². The highest BCUT2D eigenvalue weighted by Crippen LogP contribution is 2.41. The number of benzene rings is 2. The molecule has 0 radical (unpaired) electrons. The van der Waals surface area contributed by atoms with Gasteiger partial charge in [-0.2, -0.15) is 0 Å². The summed E-state index contributed by atoms with van der Waals surface area (Å²) in [6, 6.07) is 9.70. The van der Waals surface area contributed by atoms with E-state index in [2.05, 4.69) is 5.32 Å². The molecule has 1 fully saturated rings. The van der Waals surface area contributed by atoms with Crippen LogP contribution in [0.2, 0.25) is 5.02 Å². The Labute approximate surface area is 183 Å². The third-order valence-electron chi connectivity index (χ3n) is 5.32. The van der Waals surface area contributed by atoms with Gasteiger partial charge in [-0.1, -0.05) is 17.7 Å². The van der Waals surface area contributed by atoms with Crippen molar-refractivity contribution in [3.05, 3.63) is 57.4 Å². The molecule has 162 valence electrons. The summed E-state index contributed by atoms with van der Waals surface area (Å²) in [5, 5.41) is 4.00. The lowest BCUT2D eigenvalue weighted by atomic mass is 10.1. The van der Waals surface area contributed by atoms with Crippen molar-refractivity contribution in [1.29, 1.82) is 0 Å². The molecular formula is C23H22ClNO6. The fraction of sp³-hybridized carbons (Fsp3) is 0.304. The Kier molecular flexibility index (Phi) is 6.04. The van der Waals surface area contributed by atoms with Gasteiger partial charge in [-0.15, -0.1) is 0 Å². The topological polar surface area (TPSA) is 87.0 Å². The molecule has 7 nitrogen and oxygen atoms in total. The SMILES string of the molecule is COC(=O)c1cccc(Cl)c1Nc1cc(=O)oc2c(OC3CCCC3)c(OC)ccc12. The van der Waals surface area contributed by atoms with E-state index in [-0.39, 0.29) is 17.3 Å². The smallest absolute Gasteiger partial charge is 0.340 e. The van der Waals surface area contributed by atoms with Crippen LogP contribution in [0.3, 0.4) is 0 Å². The fourth-order valence-corrected chi connectivity index (χ4v) is 4.02. The molecule has 4 rings (SSSR count). The Hall–Kier alpha value is -3.19. The van der Waals surface area contributed by atoms with Crippen LogP contribution in [0.15, 0.2) is 45.6 Å². The molecule has 1 aliphatic rings. The lowest BCUT2D eigenvalue weighted by Gasteiger charge is -2.18. The van der Waals surface area contributed by atoms with E-state index in [0.29, 0.717) is 33.3 Å². The maximum atomic E-state index is 12.4. The molecule has 0 aliphatic heterocycles. The molecule has 1 heterocycles. The highest BCUT2D eigenvalue weighted by Gasteiger charge is 2.23. The first-order valence-electron chi connectivity index (χ1n) is 9.97. The van der Waals surface area contributed by atoms with Crippen molar-refractivity contribution < 1.29 is 23.4 Å². The van der Waals surface area contributed by atoms with Crippen molar-refractivity contribution in [1.82, 2.24) is 0 Å². The number of halogens is 1. The number of carbonyl (C=O) groups is 1. The zero-order valence-corrected chi connectivity index (χ0v) is 18.0. The number of para-hydroxylation sites is 1. The molecule has 0 unspecified atom stereocenters. The van der Waals surface area contributed by atoms with Crippen LogP contribution in [-0.4, -0.2) is 26.3 Å². The molecule has 0 atom stereocenters. The molecule has 1 saturated carbocycles. The van der Waals surface area contributed by atoms with Crippen molar-refractivity contribution in [3.8, 4) is 11.5 Å². The molecule has 0 amide bonds. The number of rotatable bonds is 6. The predicted molar refractivity (Wildman–Crippen MR) is 118 cm³/mol. The number of hydrogen-bond acceptors (Lipinski definition) is 7. The zero-order chi connectivity index (χ0) is 22.0. The van der Waals surface area contributed by atoms with E-state index in [1.807, 2.05) is 0 Å². The Morgan fingerprint density at radius 3 is 2.65 bits per heavy atom. The van der Waals surface area contributed by atoms with Crippen LogP contribution in [-0.2, 0) is 4.74 Å². The minimum Gasteiger partial charge on any atom is -0.493 e. The van der Waals surface area contributed by atoms with E-state index in [0.717, 1.165) is 25.7 Å². The number of anilines is 2. The second-order valence-corrected chi connectivity index (χ2v) is 7.66. The fourth-order valence-electron chi connectivity index (χ4n) is 3.80. The quantitative estimate of drug-likeness (QED) is 0.408. The van der Waals surface area contributed by atoms with Gasteiger partial charge in [0, 0.05) is 11.5 Å². The van der Waals surface area contributed by atoms with Crippen LogP contribution in [0.1, 0.15) is 36.0 Å². The van der Waals surface area contributed by atoms with Crippen molar-refractivity contribution >= 4 is 39.9 Å². The summed E-state index contributed by atoms with van der Waals surface area (Å²) >= 11 is 6.35. The molecule has 1 N–H and O–H groups in total. The number of esters is 1. The molecule has 0 spiro atoms. The molecule has 8 heteroatoms. The molecule has 1 aromatic heterocycles. The monoisotopic (exact) mass is 443 g/mol. The summed E-state index contributed by atoms with van der Waals surface area (Å²) in [5.41, 5.74) is 0.687. The Balaban J connectivity index is 1.85. The molecule has 31 heavy (non-hydrogen) atoms. The molecule has 2 aromatic carbocycles. The van der Waals surface area contributed by atoms with E-state index in [9.17, 15) is 9.59 Å². The maximum absolute atomic E-state index is 12.4. The van der Waals surface area contributed by atoms with E-state index < -0.39 is 11.6 Å². The summed E-state index contributed by atoms with van der Waals surface area (Å²) in [5.74, 6) is 0.317. The predicted octanol–water partition coefficient (Wildman–Crippen LogP) is 5.31. The molecular weight excluding hydrogens is 422 g/mol. The number of fused-ring (bicyclic) bond motifs is 1. The third kappa shape index (κ3) is 4.18. The van der Waals surface area contributed by atoms with Gasteiger partial charge in [-0.3, -0.25) is 0 Å². The van der Waals surface area contributed by atoms with Crippen LogP contribution in [0.5, 0.6) is 11.5 Å². The summed E-state index contributed by atoms with van der Waals surface area (Å²) in [6.07, 6.45) is 4.10. The number of hydrogen-bond donors (Lipinski definition) is 1. The summed E-state index contributed by atoms with van der Waals surface area (Å²) in [4.78, 5) is 24.6. The van der Waals surface area contributed by atoms with Crippen LogP contribution < -0.4 is 20.4 Å². The van der Waals surface area contributed by atoms with Crippen molar-refractivity contribution in [3.63, 3.8) is 0 Å². The minimum absolute atomic E-state index is 0.0379. The van der Waals surface area contributed by atoms with Gasteiger partial charge in [0.2, 0.25) is 5.75 Å². The highest BCUT2D eigenvalue weighted by atomic mass is 35.5. The third-order valence-corrected chi connectivity index (χ3v) is 5.63. The van der Waals surface area contributed by atoms with Crippen LogP contribution in [0, 0.1) is 0 Å². The van der Waals surface area contributed by atoms with Crippen molar-refractivity contribution in [2.75, 3.05) is 19.5 Å². The molecule has 1 aliphatic carbocycles. The van der Waals surface area contributed by atoms with E-state index >= 15 is 0 Å². The van der Waals surface area contributed by atoms with Gasteiger partial charge in [0.15, 0.2) is 11.3 Å². The summed E-state index contributed by atoms with van der Waals surface area (Å²) in [7, 11) is 2.83. The summed E-state index contributed by atoms with van der Waals surface area (Å²) < 4.78 is 22.0. The molecule has 0 saturated heterocycles. The van der Waals surface area contributed by atoms with Gasteiger partial charge in [-0.25, -0.2) is 9.59 Å². The number of methoxy groups -OCH3 is 2. The van der Waals surface area contributed by atoms with Crippen LogP contribution in [0.4, 0.5) is 11.4 Å². The minimum atomic E-state index is -0.578. The standard InChI is InChI=1S/C23H22ClNO6/c1-28-18-11-10-14-17(25-20-15(23(27)29-2)8-5-9-16(20)24)12-19(26)31-21(14)22(18)30-13-6-3-4-7-13/h5,8-13,25H,3-4,6-7H2,1-2H3. The Bertz CT molecular complexity index is 1180. The van der Waals surface area contributed by atoms with Crippen molar-refractivity contribution in [2.24, 2.45) is 0 Å². The largest absolute Gasteiger partial charge is 0.493 e. The highest BCUT2D eigenvalue weighted by molar-refractivity contribution is 6.34. The van der Waals surface area contributed by atoms with Crippen LogP contribution in [0.25, 0.3) is 11.0 Å². The van der Waals surface area contributed by atoms with E-state index in [1.54, 1.807) is 30.3 Å². The van der Waals surface area contributed by atoms with Gasteiger partial charge in [0.25, 0.3) is 0 Å². The Morgan fingerprint density at radius 2 is 1.94 bits per heavy atom. The van der Waals surface area contributed by atoms with E-state index in [1.165, 1.54) is 20.3 Å². The van der Waals surface area contributed by atoms with E-state index in [4.69, 9.17) is 30.2 Å². The zero-order valence-electron chi connectivity index (χ0n) is 17.2. The summed E-state index contributed by atoms with van der Waals surface area (Å²) in [6.45, 7) is 0. The van der Waals surface area contributed by atoms with Gasteiger partial charge >= 0.3 is 11.6 Å². The van der Waals surface area contributed by atoms with Gasteiger partial charge in [0.1, 0.15) is 0 Å². The lowest BCUT2D eigenvalue weighted by Crippen LogP contribution is -2.13. The maximum Gasteiger partial charge on any atom is 0.340 e. The molecule has 0 bridgehead atoms. The van der Waals surface area contributed by atoms with Gasteiger partial charge in [0.05, 0.1) is 42.3 Å². The second-order valence-electron chi connectivity index (χ2n) is 7.26. The average Bonchev–Trinajstić information content (AvgIpc) is 3.28. The normalized spacial score (nSPS) is 13.9.